The first kappa shape index (κ1) is 24.2. The number of aliphatic imine (C=N–C) groups is 1. The van der Waals surface area contributed by atoms with E-state index in [1.807, 2.05) is 31.2 Å². The van der Waals surface area contributed by atoms with E-state index in [9.17, 15) is 9.59 Å². The van der Waals surface area contributed by atoms with Gasteiger partial charge in [0, 0.05) is 45.7 Å². The van der Waals surface area contributed by atoms with E-state index < -0.39 is 0 Å². The van der Waals surface area contributed by atoms with Crippen LogP contribution in [-0.4, -0.2) is 61.3 Å². The molecule has 0 bridgehead atoms. The number of hydrogen-bond acceptors (Lipinski definition) is 3. The van der Waals surface area contributed by atoms with Crippen molar-refractivity contribution in [2.45, 2.75) is 32.7 Å². The fourth-order valence-electron chi connectivity index (χ4n) is 3.31. The number of likely N-dealkylation sites (tertiary alicyclic amines) is 1. The van der Waals surface area contributed by atoms with Gasteiger partial charge in [-0.15, -0.1) is 24.0 Å². The van der Waals surface area contributed by atoms with Crippen LogP contribution >= 0.6 is 24.0 Å². The Labute approximate surface area is 184 Å². The second-order valence-electron chi connectivity index (χ2n) is 7.19. The molecule has 0 aliphatic carbocycles. The molecule has 0 aromatic heterocycles. The summed E-state index contributed by atoms with van der Waals surface area (Å²) in [6, 6.07) is 7.56. The number of primary amides is 1. The third-order valence-corrected chi connectivity index (χ3v) is 4.66. The molecule has 1 unspecified atom stereocenters. The Morgan fingerprint density at radius 1 is 1.29 bits per heavy atom. The number of carbonyl (C=O) groups excluding carboxylic acids is 2. The van der Waals surface area contributed by atoms with E-state index in [1.165, 1.54) is 0 Å². The van der Waals surface area contributed by atoms with Crippen molar-refractivity contribution in [1.82, 2.24) is 15.1 Å². The number of benzene rings is 1. The Kier molecular flexibility index (Phi) is 10.3. The zero-order valence-electron chi connectivity index (χ0n) is 17.0. The summed E-state index contributed by atoms with van der Waals surface area (Å²) >= 11 is 0. The minimum atomic E-state index is -0.240. The highest BCUT2D eigenvalue weighted by atomic mass is 127. The van der Waals surface area contributed by atoms with Crippen molar-refractivity contribution < 1.29 is 9.59 Å². The third kappa shape index (κ3) is 7.29. The van der Waals surface area contributed by atoms with Crippen LogP contribution in [0.3, 0.4) is 0 Å². The predicted molar refractivity (Wildman–Crippen MR) is 123 cm³/mol. The van der Waals surface area contributed by atoms with E-state index in [0.717, 1.165) is 44.0 Å². The van der Waals surface area contributed by atoms with Gasteiger partial charge in [-0.2, -0.15) is 0 Å². The fraction of sp³-hybridized carbons (Fsp3) is 0.550. The second kappa shape index (κ2) is 11.9. The van der Waals surface area contributed by atoms with E-state index in [0.29, 0.717) is 18.5 Å². The first-order valence-corrected chi connectivity index (χ1v) is 9.52. The summed E-state index contributed by atoms with van der Waals surface area (Å²) in [7, 11) is 3.49. The summed E-state index contributed by atoms with van der Waals surface area (Å²) < 4.78 is 0. The summed E-state index contributed by atoms with van der Waals surface area (Å²) in [4.78, 5) is 31.7. The molecule has 7 nitrogen and oxygen atoms in total. The average molecular weight is 501 g/mol. The minimum absolute atomic E-state index is 0. The number of amides is 2. The zero-order valence-corrected chi connectivity index (χ0v) is 19.3. The maximum absolute atomic E-state index is 12.0. The molecule has 1 aliphatic rings. The van der Waals surface area contributed by atoms with Crippen LogP contribution in [0.4, 0.5) is 0 Å². The van der Waals surface area contributed by atoms with Crippen molar-refractivity contribution in [1.29, 1.82) is 0 Å². The Hall–Kier alpha value is -1.84. The number of halogens is 1. The molecule has 1 aromatic carbocycles. The van der Waals surface area contributed by atoms with E-state index >= 15 is 0 Å². The van der Waals surface area contributed by atoms with Crippen LogP contribution in [0.1, 0.15) is 42.1 Å². The zero-order chi connectivity index (χ0) is 19.8. The molecule has 28 heavy (non-hydrogen) atoms. The first-order valence-electron chi connectivity index (χ1n) is 9.52. The van der Waals surface area contributed by atoms with Gasteiger partial charge in [0.05, 0.1) is 6.54 Å². The highest BCUT2D eigenvalue weighted by Crippen LogP contribution is 2.19. The van der Waals surface area contributed by atoms with Crippen molar-refractivity contribution in [3.8, 4) is 0 Å². The molecule has 1 aromatic rings. The van der Waals surface area contributed by atoms with E-state index in [1.54, 1.807) is 19.0 Å². The Bertz CT molecular complexity index is 676. The van der Waals surface area contributed by atoms with E-state index in [4.69, 9.17) is 10.7 Å². The molecule has 1 saturated heterocycles. The highest BCUT2D eigenvalue weighted by Gasteiger charge is 2.23. The molecule has 2 rings (SSSR count). The topological polar surface area (TPSA) is 91.0 Å². The quantitative estimate of drug-likeness (QED) is 0.355. The number of rotatable bonds is 6. The lowest BCUT2D eigenvalue weighted by atomic mass is 9.95. The molecule has 0 spiro atoms. The summed E-state index contributed by atoms with van der Waals surface area (Å²) in [5, 5.41) is 3.34. The number of carbonyl (C=O) groups is 2. The van der Waals surface area contributed by atoms with Gasteiger partial charge in [-0.05, 0) is 43.4 Å². The fourth-order valence-corrected chi connectivity index (χ4v) is 3.31. The summed E-state index contributed by atoms with van der Waals surface area (Å²) in [6.45, 7) is 5.09. The van der Waals surface area contributed by atoms with Crippen molar-refractivity contribution >= 4 is 41.8 Å². The van der Waals surface area contributed by atoms with Gasteiger partial charge >= 0.3 is 0 Å². The van der Waals surface area contributed by atoms with Gasteiger partial charge in [-0.1, -0.05) is 12.1 Å². The largest absolute Gasteiger partial charge is 0.370 e. The molecule has 1 fully saturated rings. The molecule has 0 saturated carbocycles. The average Bonchev–Trinajstić information content (AvgIpc) is 2.64. The van der Waals surface area contributed by atoms with Crippen molar-refractivity contribution in [2.24, 2.45) is 16.6 Å². The Balaban J connectivity index is 0.00000392. The molecular formula is C20H32IN5O2. The van der Waals surface area contributed by atoms with Crippen LogP contribution < -0.4 is 11.1 Å². The molecule has 8 heteroatoms. The molecule has 2 amide bonds. The highest BCUT2D eigenvalue weighted by molar-refractivity contribution is 14.0. The maximum Gasteiger partial charge on any atom is 0.253 e. The third-order valence-electron chi connectivity index (χ3n) is 4.66. The Morgan fingerprint density at radius 2 is 1.96 bits per heavy atom. The summed E-state index contributed by atoms with van der Waals surface area (Å²) in [5.74, 6) is 0.903. The minimum Gasteiger partial charge on any atom is -0.370 e. The molecular weight excluding hydrogens is 469 g/mol. The number of guanidine groups is 1. The standard InChI is InChI=1S/C20H31N5O2.HI/c1-4-22-20(25-11-5-6-16(14-25)12-18(21)26)23-13-15-7-9-17(10-8-15)19(27)24(2)3;/h7-10,16H,4-6,11-14H2,1-3H3,(H2,21,26)(H,22,23);1H. The first-order chi connectivity index (χ1) is 12.9. The van der Waals surface area contributed by atoms with Gasteiger partial charge in [0.1, 0.15) is 0 Å². The second-order valence-corrected chi connectivity index (χ2v) is 7.19. The van der Waals surface area contributed by atoms with Crippen LogP contribution in [-0.2, 0) is 11.3 Å². The molecule has 156 valence electrons. The molecule has 1 atom stereocenters. The molecule has 1 heterocycles. The number of nitrogens with zero attached hydrogens (tertiary/aromatic N) is 3. The van der Waals surface area contributed by atoms with Gasteiger partial charge in [0.25, 0.3) is 5.91 Å². The molecule has 1 aliphatic heterocycles. The summed E-state index contributed by atoms with van der Waals surface area (Å²) in [6.07, 6.45) is 2.49. The van der Waals surface area contributed by atoms with Crippen LogP contribution in [0.5, 0.6) is 0 Å². The van der Waals surface area contributed by atoms with Crippen molar-refractivity contribution in [3.63, 3.8) is 0 Å². The van der Waals surface area contributed by atoms with Gasteiger partial charge in [-0.3, -0.25) is 9.59 Å². The van der Waals surface area contributed by atoms with Crippen LogP contribution in [0.2, 0.25) is 0 Å². The SMILES string of the molecule is CCNC(=NCc1ccc(C(=O)N(C)C)cc1)N1CCCC(CC(N)=O)C1.I. The normalized spacial score (nSPS) is 16.9. The lowest BCUT2D eigenvalue weighted by molar-refractivity contribution is -0.119. The molecule has 0 radical (unpaired) electrons. The van der Waals surface area contributed by atoms with Gasteiger partial charge in [-0.25, -0.2) is 4.99 Å². The van der Waals surface area contributed by atoms with Crippen LogP contribution in [0, 0.1) is 5.92 Å². The number of piperidine rings is 1. The lowest BCUT2D eigenvalue weighted by Crippen LogP contribution is -2.47. The van der Waals surface area contributed by atoms with Crippen LogP contribution in [0.25, 0.3) is 0 Å². The summed E-state index contributed by atoms with van der Waals surface area (Å²) in [5.41, 5.74) is 7.08. The number of nitrogens with two attached hydrogens (primary N) is 1. The number of nitrogens with one attached hydrogen (secondary N) is 1. The van der Waals surface area contributed by atoms with E-state index in [2.05, 4.69) is 10.2 Å². The van der Waals surface area contributed by atoms with Gasteiger partial charge in [0.2, 0.25) is 5.91 Å². The van der Waals surface area contributed by atoms with Crippen LogP contribution in [0.15, 0.2) is 29.3 Å². The number of hydrogen-bond donors (Lipinski definition) is 2. The monoisotopic (exact) mass is 501 g/mol. The van der Waals surface area contributed by atoms with Crippen molar-refractivity contribution in [3.05, 3.63) is 35.4 Å². The van der Waals surface area contributed by atoms with Gasteiger partial charge < -0.3 is 20.9 Å². The van der Waals surface area contributed by atoms with Crippen molar-refractivity contribution in [2.75, 3.05) is 33.7 Å². The lowest BCUT2D eigenvalue weighted by Gasteiger charge is -2.34. The molecule has 3 N–H and O–H groups in total. The van der Waals surface area contributed by atoms with Gasteiger partial charge in [0.15, 0.2) is 5.96 Å². The predicted octanol–water partition coefficient (Wildman–Crippen LogP) is 2.06. The maximum atomic E-state index is 12.0. The van der Waals surface area contributed by atoms with E-state index in [-0.39, 0.29) is 41.7 Å². The smallest absolute Gasteiger partial charge is 0.253 e. The Morgan fingerprint density at radius 3 is 2.54 bits per heavy atom.